The highest BCUT2D eigenvalue weighted by Gasteiger charge is 2.51. The van der Waals surface area contributed by atoms with Crippen LogP contribution in [0, 0.1) is 11.2 Å². The maximum Gasteiger partial charge on any atom is 0.310 e. The molecule has 1 aromatic heterocycles. The van der Waals surface area contributed by atoms with E-state index in [4.69, 9.17) is 11.6 Å². The third kappa shape index (κ3) is 4.76. The van der Waals surface area contributed by atoms with Crippen molar-refractivity contribution in [1.29, 1.82) is 0 Å². The van der Waals surface area contributed by atoms with Crippen molar-refractivity contribution in [2.75, 3.05) is 5.75 Å². The van der Waals surface area contributed by atoms with Crippen LogP contribution in [0.4, 0.5) is 8.78 Å². The van der Waals surface area contributed by atoms with E-state index in [0.717, 1.165) is 12.4 Å². The lowest BCUT2D eigenvalue weighted by Gasteiger charge is -2.24. The molecule has 1 saturated carbocycles. The fourth-order valence-electron chi connectivity index (χ4n) is 3.67. The van der Waals surface area contributed by atoms with Crippen LogP contribution in [-0.2, 0) is 21.2 Å². The number of rotatable bonds is 7. The Labute approximate surface area is 177 Å². The van der Waals surface area contributed by atoms with Crippen LogP contribution in [-0.4, -0.2) is 47.4 Å². The average Bonchev–Trinajstić information content (AvgIpc) is 3.00. The summed E-state index contributed by atoms with van der Waals surface area (Å²) in [4.78, 5) is 19.8. The standard InChI is InChI=1S/C19H20ClF2N3O4S/c1-2-30(28,29)25-16-8-19(18(26)27,7-15(16)22)6-11-3-4-14(20)13(5-11)17-23-9-12(21)10-24-17/h3-5,9-10,15-16,25H,2,6-8H2,1H3,(H,26,27)/t15-,16+,19-/m0/s1. The number of alkyl halides is 1. The third-order valence-electron chi connectivity index (χ3n) is 5.23. The van der Waals surface area contributed by atoms with Gasteiger partial charge < -0.3 is 5.11 Å². The summed E-state index contributed by atoms with van der Waals surface area (Å²) in [5.74, 6) is -1.89. The molecule has 1 fully saturated rings. The Hall–Kier alpha value is -2.17. The van der Waals surface area contributed by atoms with E-state index >= 15 is 0 Å². The zero-order valence-electron chi connectivity index (χ0n) is 16.0. The number of sulfonamides is 1. The number of hydrogen-bond acceptors (Lipinski definition) is 5. The number of carbonyl (C=O) groups is 1. The van der Waals surface area contributed by atoms with Crippen LogP contribution in [0.2, 0.25) is 5.02 Å². The number of benzene rings is 1. The molecule has 0 amide bonds. The highest BCUT2D eigenvalue weighted by atomic mass is 35.5. The first-order chi connectivity index (χ1) is 14.0. The van der Waals surface area contributed by atoms with Crippen molar-refractivity contribution in [3.63, 3.8) is 0 Å². The minimum absolute atomic E-state index is 0.0432. The van der Waals surface area contributed by atoms with Crippen molar-refractivity contribution in [2.24, 2.45) is 5.41 Å². The van der Waals surface area contributed by atoms with Crippen LogP contribution in [0.1, 0.15) is 25.3 Å². The van der Waals surface area contributed by atoms with Gasteiger partial charge in [-0.3, -0.25) is 4.79 Å². The van der Waals surface area contributed by atoms with Crippen LogP contribution in [0.25, 0.3) is 11.4 Å². The Morgan fingerprint density at radius 1 is 1.33 bits per heavy atom. The molecule has 0 unspecified atom stereocenters. The Balaban J connectivity index is 1.90. The smallest absolute Gasteiger partial charge is 0.310 e. The zero-order chi connectivity index (χ0) is 22.1. The Morgan fingerprint density at radius 2 is 2.00 bits per heavy atom. The topological polar surface area (TPSA) is 109 Å². The molecule has 3 rings (SSSR count). The number of nitrogens with one attached hydrogen (secondary N) is 1. The van der Waals surface area contributed by atoms with Crippen LogP contribution in [0.15, 0.2) is 30.6 Å². The van der Waals surface area contributed by atoms with Gasteiger partial charge in [0, 0.05) is 5.56 Å². The van der Waals surface area contributed by atoms with Gasteiger partial charge in [-0.2, -0.15) is 0 Å². The quantitative estimate of drug-likeness (QED) is 0.658. The first-order valence-corrected chi connectivity index (χ1v) is 11.2. The number of aromatic nitrogens is 2. The second kappa shape index (κ2) is 8.52. The van der Waals surface area contributed by atoms with Crippen LogP contribution in [0.3, 0.4) is 0 Å². The van der Waals surface area contributed by atoms with E-state index in [1.807, 2.05) is 0 Å². The molecule has 0 aliphatic heterocycles. The molecule has 0 bridgehead atoms. The first kappa shape index (κ1) is 22.5. The summed E-state index contributed by atoms with van der Waals surface area (Å²) < 4.78 is 53.6. The maximum atomic E-state index is 14.6. The van der Waals surface area contributed by atoms with Crippen molar-refractivity contribution in [3.8, 4) is 11.4 Å². The number of carboxylic acid groups (broad SMARTS) is 1. The summed E-state index contributed by atoms with van der Waals surface area (Å²) in [6, 6.07) is 3.61. The van der Waals surface area contributed by atoms with E-state index in [1.165, 1.54) is 13.0 Å². The number of hydrogen-bond donors (Lipinski definition) is 2. The molecule has 1 heterocycles. The molecule has 1 aliphatic rings. The molecule has 3 atom stereocenters. The highest BCUT2D eigenvalue weighted by Crippen LogP contribution is 2.44. The minimum Gasteiger partial charge on any atom is -0.481 e. The Kier molecular flexibility index (Phi) is 6.40. The molecule has 1 aliphatic carbocycles. The summed E-state index contributed by atoms with van der Waals surface area (Å²) in [6.07, 6.45) is -0.218. The monoisotopic (exact) mass is 459 g/mol. The Bertz CT molecular complexity index is 1050. The summed E-state index contributed by atoms with van der Waals surface area (Å²) in [5, 5.41) is 10.1. The van der Waals surface area contributed by atoms with E-state index in [0.29, 0.717) is 11.1 Å². The van der Waals surface area contributed by atoms with E-state index < -0.39 is 39.4 Å². The molecule has 30 heavy (non-hydrogen) atoms. The predicted octanol–water partition coefficient (Wildman–Crippen LogP) is 2.99. The van der Waals surface area contributed by atoms with Crippen molar-refractivity contribution >= 4 is 27.6 Å². The second-order valence-corrected chi connectivity index (χ2v) is 9.80. The van der Waals surface area contributed by atoms with E-state index in [2.05, 4.69) is 14.7 Å². The summed E-state index contributed by atoms with van der Waals surface area (Å²) in [5.41, 5.74) is -0.571. The molecule has 0 radical (unpaired) electrons. The van der Waals surface area contributed by atoms with Crippen molar-refractivity contribution < 1.29 is 27.1 Å². The van der Waals surface area contributed by atoms with Gasteiger partial charge in [0.2, 0.25) is 10.0 Å². The molecule has 0 saturated heterocycles. The second-order valence-electron chi connectivity index (χ2n) is 7.35. The molecule has 11 heteroatoms. The highest BCUT2D eigenvalue weighted by molar-refractivity contribution is 7.89. The zero-order valence-corrected chi connectivity index (χ0v) is 17.6. The van der Waals surface area contributed by atoms with Gasteiger partial charge >= 0.3 is 5.97 Å². The predicted molar refractivity (Wildman–Crippen MR) is 107 cm³/mol. The first-order valence-electron chi connectivity index (χ1n) is 9.19. The SMILES string of the molecule is CCS(=O)(=O)N[C@@H]1C[C@@](Cc2ccc(Cl)c(-c3ncc(F)cn3)c2)(C(=O)O)C[C@@H]1F. The van der Waals surface area contributed by atoms with Gasteiger partial charge in [0.1, 0.15) is 6.17 Å². The molecule has 1 aromatic carbocycles. The normalized spacial score (nSPS) is 24.1. The molecule has 0 spiro atoms. The lowest BCUT2D eigenvalue weighted by atomic mass is 9.79. The average molecular weight is 460 g/mol. The summed E-state index contributed by atoms with van der Waals surface area (Å²) in [7, 11) is -3.68. The molecule has 2 aromatic rings. The van der Waals surface area contributed by atoms with Gasteiger partial charge in [-0.25, -0.2) is 31.9 Å². The molecule has 2 N–H and O–H groups in total. The lowest BCUT2D eigenvalue weighted by Crippen LogP contribution is -2.40. The molecular weight excluding hydrogens is 440 g/mol. The van der Waals surface area contributed by atoms with Crippen LogP contribution < -0.4 is 4.72 Å². The largest absolute Gasteiger partial charge is 0.481 e. The number of carboxylic acids is 1. The van der Waals surface area contributed by atoms with Gasteiger partial charge in [0.15, 0.2) is 11.6 Å². The van der Waals surface area contributed by atoms with E-state index in [1.54, 1.807) is 12.1 Å². The lowest BCUT2D eigenvalue weighted by molar-refractivity contribution is -0.148. The van der Waals surface area contributed by atoms with E-state index in [-0.39, 0.29) is 35.9 Å². The number of halogens is 3. The van der Waals surface area contributed by atoms with Gasteiger partial charge in [0.05, 0.1) is 34.6 Å². The maximum absolute atomic E-state index is 14.6. The van der Waals surface area contributed by atoms with Crippen molar-refractivity contribution in [3.05, 3.63) is 47.0 Å². The van der Waals surface area contributed by atoms with Crippen LogP contribution >= 0.6 is 11.6 Å². The molecule has 7 nitrogen and oxygen atoms in total. The fourth-order valence-corrected chi connectivity index (χ4v) is 4.73. The fraction of sp³-hybridized carbons (Fsp3) is 0.421. The van der Waals surface area contributed by atoms with Crippen molar-refractivity contribution in [1.82, 2.24) is 14.7 Å². The van der Waals surface area contributed by atoms with E-state index in [9.17, 15) is 27.1 Å². The Morgan fingerprint density at radius 3 is 2.60 bits per heavy atom. The number of nitrogens with zero attached hydrogens (tertiary/aromatic N) is 2. The summed E-state index contributed by atoms with van der Waals surface area (Å²) in [6.45, 7) is 1.42. The third-order valence-corrected chi connectivity index (χ3v) is 6.98. The van der Waals surface area contributed by atoms with Gasteiger partial charge in [-0.1, -0.05) is 17.7 Å². The van der Waals surface area contributed by atoms with Gasteiger partial charge in [-0.05, 0) is 43.9 Å². The molecular formula is C19H20ClF2N3O4S. The number of aliphatic carboxylic acids is 1. The molecule has 162 valence electrons. The van der Waals surface area contributed by atoms with Crippen molar-refractivity contribution in [2.45, 2.75) is 38.4 Å². The van der Waals surface area contributed by atoms with Crippen LogP contribution in [0.5, 0.6) is 0 Å². The minimum atomic E-state index is -3.68. The van der Waals surface area contributed by atoms with Gasteiger partial charge in [-0.15, -0.1) is 0 Å². The van der Waals surface area contributed by atoms with Gasteiger partial charge in [0.25, 0.3) is 0 Å². The summed E-state index contributed by atoms with van der Waals surface area (Å²) >= 11 is 6.19.